The first-order valence-corrected chi connectivity index (χ1v) is 10.4. The lowest BCUT2D eigenvalue weighted by Gasteiger charge is -2.10. The Morgan fingerprint density at radius 2 is 1.94 bits per heavy atom. The smallest absolute Gasteiger partial charge is 0.390 e. The van der Waals surface area contributed by atoms with Gasteiger partial charge in [-0.3, -0.25) is 4.98 Å². The number of nitrogens with two attached hydrogens (primary N) is 1. The summed E-state index contributed by atoms with van der Waals surface area (Å²) in [5.41, 5.74) is 10.6. The summed E-state index contributed by atoms with van der Waals surface area (Å²) in [6, 6.07) is 13.3. The molecule has 0 unspecified atom stereocenters. The van der Waals surface area contributed by atoms with Gasteiger partial charge in [-0.2, -0.15) is 4.68 Å². The number of nitrogens with one attached hydrogen (secondary N) is 1. The second-order valence-electron chi connectivity index (χ2n) is 7.83. The minimum atomic E-state index is -0.355. The van der Waals surface area contributed by atoms with E-state index in [0.29, 0.717) is 28.4 Å². The molecule has 0 atom stereocenters. The standard InChI is InChI=1S/C23H22N8O2/c1-14-10-16(11-17(13-32)26-14)19-20(15-6-4-3-5-7-15)27-22(24)31-21(19)28-30(23(31)33)12-18-25-8-9-29(18)2/h3-11,32H,12-13H2,1-2H3,(H2,24,26,27,28)/p+1. The number of anilines is 1. The molecule has 0 aliphatic carbocycles. The van der Waals surface area contributed by atoms with Crippen molar-refractivity contribution < 1.29 is 9.51 Å². The molecule has 33 heavy (non-hydrogen) atoms. The molecule has 4 aromatic heterocycles. The van der Waals surface area contributed by atoms with Crippen LogP contribution in [0.25, 0.3) is 28.0 Å². The van der Waals surface area contributed by atoms with E-state index in [9.17, 15) is 9.90 Å². The van der Waals surface area contributed by atoms with E-state index in [1.165, 1.54) is 9.08 Å². The van der Waals surface area contributed by atoms with Crippen LogP contribution in [0.5, 0.6) is 0 Å². The van der Waals surface area contributed by atoms with Gasteiger partial charge in [-0.1, -0.05) is 30.3 Å². The van der Waals surface area contributed by atoms with E-state index in [4.69, 9.17) is 5.73 Å². The molecule has 166 valence electrons. The summed E-state index contributed by atoms with van der Waals surface area (Å²) < 4.78 is 4.66. The number of hydrogen-bond acceptors (Lipinski definition) is 6. The van der Waals surface area contributed by atoms with Crippen molar-refractivity contribution in [3.63, 3.8) is 0 Å². The number of aliphatic hydroxyl groups is 1. The number of rotatable bonds is 5. The molecule has 0 aliphatic heterocycles. The van der Waals surface area contributed by atoms with Crippen LogP contribution >= 0.6 is 0 Å². The summed E-state index contributed by atoms with van der Waals surface area (Å²) in [5.74, 6) is 0.781. The van der Waals surface area contributed by atoms with E-state index in [1.807, 2.05) is 61.1 Å². The van der Waals surface area contributed by atoms with Crippen molar-refractivity contribution >= 4 is 11.6 Å². The summed E-state index contributed by atoms with van der Waals surface area (Å²) in [5, 5.41) is 12.9. The summed E-state index contributed by atoms with van der Waals surface area (Å²) in [6.45, 7) is 1.89. The molecule has 0 saturated heterocycles. The highest BCUT2D eigenvalue weighted by Crippen LogP contribution is 2.33. The lowest BCUT2D eigenvalue weighted by molar-refractivity contribution is -0.516. The molecule has 4 heterocycles. The van der Waals surface area contributed by atoms with E-state index >= 15 is 0 Å². The fourth-order valence-corrected chi connectivity index (χ4v) is 3.99. The highest BCUT2D eigenvalue weighted by atomic mass is 16.3. The first kappa shape index (κ1) is 20.6. The fraction of sp³-hybridized carbons (Fsp3) is 0.174. The Labute approximate surface area is 188 Å². The van der Waals surface area contributed by atoms with Crippen LogP contribution in [0.4, 0.5) is 5.95 Å². The van der Waals surface area contributed by atoms with Gasteiger partial charge in [-0.05, 0) is 24.6 Å². The number of imidazole rings is 1. The number of fused-ring (bicyclic) bond motifs is 1. The minimum Gasteiger partial charge on any atom is -0.390 e. The van der Waals surface area contributed by atoms with Gasteiger partial charge in [0.15, 0.2) is 0 Å². The summed E-state index contributed by atoms with van der Waals surface area (Å²) in [7, 11) is 1.87. The monoisotopic (exact) mass is 443 g/mol. The number of aromatic nitrogens is 7. The van der Waals surface area contributed by atoms with Gasteiger partial charge >= 0.3 is 11.6 Å². The lowest BCUT2D eigenvalue weighted by Crippen LogP contribution is -2.44. The van der Waals surface area contributed by atoms with Crippen molar-refractivity contribution in [3.05, 3.63) is 82.6 Å². The Kier molecular flexibility index (Phi) is 4.98. The average molecular weight is 443 g/mol. The van der Waals surface area contributed by atoms with E-state index in [2.05, 4.69) is 20.1 Å². The third-order valence-electron chi connectivity index (χ3n) is 5.54. The predicted molar refractivity (Wildman–Crippen MR) is 122 cm³/mol. The van der Waals surface area contributed by atoms with Crippen molar-refractivity contribution in [2.75, 3.05) is 5.73 Å². The summed E-state index contributed by atoms with van der Waals surface area (Å²) in [4.78, 5) is 26.6. The SMILES string of the molecule is Cc1cc(-c2c(-c3ccccc3)nc(N)[n+]3c(=O)n(Cc4nccn4C)[nH]c23)cc(CO)n1. The van der Waals surface area contributed by atoms with Crippen LogP contribution in [0.15, 0.2) is 59.7 Å². The molecule has 5 rings (SSSR count). The van der Waals surface area contributed by atoms with Crippen LogP contribution in [0.3, 0.4) is 0 Å². The van der Waals surface area contributed by atoms with Gasteiger partial charge in [0.25, 0.3) is 0 Å². The molecule has 0 spiro atoms. The molecule has 4 N–H and O–H groups in total. The van der Waals surface area contributed by atoms with Crippen LogP contribution < -0.4 is 15.8 Å². The largest absolute Gasteiger partial charge is 0.428 e. The third-order valence-corrected chi connectivity index (χ3v) is 5.54. The molecule has 0 saturated carbocycles. The Morgan fingerprint density at radius 1 is 1.15 bits per heavy atom. The van der Waals surface area contributed by atoms with Crippen LogP contribution in [0.2, 0.25) is 0 Å². The summed E-state index contributed by atoms with van der Waals surface area (Å²) >= 11 is 0. The summed E-state index contributed by atoms with van der Waals surface area (Å²) in [6.07, 6.45) is 3.50. The third kappa shape index (κ3) is 3.56. The van der Waals surface area contributed by atoms with Gasteiger partial charge in [-0.25, -0.2) is 14.9 Å². The van der Waals surface area contributed by atoms with Gasteiger partial charge < -0.3 is 15.4 Å². The van der Waals surface area contributed by atoms with Crippen molar-refractivity contribution in [2.24, 2.45) is 7.05 Å². The maximum absolute atomic E-state index is 13.3. The van der Waals surface area contributed by atoms with Crippen LogP contribution in [0, 0.1) is 6.92 Å². The molecule has 0 amide bonds. The quantitative estimate of drug-likeness (QED) is 0.350. The van der Waals surface area contributed by atoms with Crippen molar-refractivity contribution in [1.29, 1.82) is 0 Å². The zero-order chi connectivity index (χ0) is 23.1. The molecule has 5 aromatic rings. The fourth-order valence-electron chi connectivity index (χ4n) is 3.99. The Balaban J connectivity index is 1.84. The zero-order valence-electron chi connectivity index (χ0n) is 18.2. The van der Waals surface area contributed by atoms with Gasteiger partial charge in [0.05, 0.1) is 17.9 Å². The van der Waals surface area contributed by atoms with E-state index in [-0.39, 0.29) is 24.8 Å². The molecule has 0 bridgehead atoms. The number of nitrogen functional groups attached to an aromatic ring is 1. The molecular weight excluding hydrogens is 420 g/mol. The maximum atomic E-state index is 13.3. The normalized spacial score (nSPS) is 11.4. The Hall–Kier alpha value is -4.31. The Bertz CT molecular complexity index is 1530. The molecule has 0 radical (unpaired) electrons. The van der Waals surface area contributed by atoms with Gasteiger partial charge in [0, 0.05) is 30.7 Å². The maximum Gasteiger partial charge on any atom is 0.428 e. The molecule has 10 nitrogen and oxygen atoms in total. The highest BCUT2D eigenvalue weighted by molar-refractivity contribution is 5.88. The van der Waals surface area contributed by atoms with Crippen LogP contribution in [-0.4, -0.2) is 34.4 Å². The van der Waals surface area contributed by atoms with Crippen molar-refractivity contribution in [2.45, 2.75) is 20.1 Å². The van der Waals surface area contributed by atoms with Crippen molar-refractivity contribution in [3.8, 4) is 22.4 Å². The number of hydrogen-bond donors (Lipinski definition) is 3. The van der Waals surface area contributed by atoms with Crippen molar-refractivity contribution in [1.82, 2.24) is 29.3 Å². The van der Waals surface area contributed by atoms with Crippen LogP contribution in [-0.2, 0) is 20.2 Å². The first-order chi connectivity index (χ1) is 16.0. The van der Waals surface area contributed by atoms with E-state index in [1.54, 1.807) is 12.3 Å². The number of aliphatic hydroxyl groups excluding tert-OH is 1. The minimum absolute atomic E-state index is 0.0700. The molecule has 10 heteroatoms. The second kappa shape index (κ2) is 7.99. The zero-order valence-corrected chi connectivity index (χ0v) is 18.2. The molecule has 0 fully saturated rings. The van der Waals surface area contributed by atoms with E-state index < -0.39 is 0 Å². The van der Waals surface area contributed by atoms with Gasteiger partial charge in [0.2, 0.25) is 5.65 Å². The second-order valence-corrected chi connectivity index (χ2v) is 7.83. The lowest BCUT2D eigenvalue weighted by atomic mass is 9.99. The van der Waals surface area contributed by atoms with Crippen LogP contribution in [0.1, 0.15) is 17.2 Å². The average Bonchev–Trinajstić information content (AvgIpc) is 3.37. The number of nitrogens with zero attached hydrogens (tertiary/aromatic N) is 6. The number of aryl methyl sites for hydroxylation is 2. The molecule has 0 aliphatic rings. The number of H-pyrrole nitrogens is 1. The number of benzene rings is 1. The predicted octanol–water partition coefficient (Wildman–Crippen LogP) is 1.20. The van der Waals surface area contributed by atoms with Gasteiger partial charge in [-0.15, -0.1) is 9.38 Å². The topological polar surface area (TPSA) is 132 Å². The molecular formula is C23H23N8O2+. The number of aromatic amines is 1. The molecule has 1 aromatic carbocycles. The highest BCUT2D eigenvalue weighted by Gasteiger charge is 2.26. The Morgan fingerprint density at radius 3 is 2.64 bits per heavy atom. The number of pyridine rings is 1. The first-order valence-electron chi connectivity index (χ1n) is 10.4. The van der Waals surface area contributed by atoms with E-state index in [0.717, 1.165) is 16.8 Å². The van der Waals surface area contributed by atoms with Gasteiger partial charge in [0.1, 0.15) is 18.1 Å².